The molecule has 2 saturated heterocycles. The molecule has 0 aliphatic carbocycles. The lowest BCUT2D eigenvalue weighted by Crippen LogP contribution is -2.36. The number of benzene rings is 1. The molecule has 0 amide bonds. The van der Waals surface area contributed by atoms with Gasteiger partial charge >= 0.3 is 0 Å². The van der Waals surface area contributed by atoms with Crippen LogP contribution in [0.2, 0.25) is 0 Å². The summed E-state index contributed by atoms with van der Waals surface area (Å²) < 4.78 is 10.8. The van der Waals surface area contributed by atoms with Crippen LogP contribution in [0.3, 0.4) is 0 Å². The Balaban J connectivity index is 1.70. The highest BCUT2D eigenvalue weighted by molar-refractivity contribution is 5.43. The highest BCUT2D eigenvalue weighted by Crippen LogP contribution is 2.26. The molecule has 3 rings (SSSR count). The molecule has 1 aromatic carbocycles. The molecule has 0 saturated carbocycles. The summed E-state index contributed by atoms with van der Waals surface area (Å²) in [5.74, 6) is 0.442. The largest absolute Gasteiger partial charge is 0.507 e. The van der Waals surface area contributed by atoms with E-state index in [1.54, 1.807) is 0 Å². The van der Waals surface area contributed by atoms with Crippen LogP contribution in [0.15, 0.2) is 12.1 Å². The van der Waals surface area contributed by atoms with E-state index in [0.29, 0.717) is 5.75 Å². The van der Waals surface area contributed by atoms with Gasteiger partial charge in [-0.2, -0.15) is 0 Å². The number of aromatic hydroxyl groups is 1. The molecule has 0 spiro atoms. The number of phenols is 1. The predicted molar refractivity (Wildman–Crippen MR) is 85.0 cm³/mol. The molecule has 22 heavy (non-hydrogen) atoms. The number of aryl methyl sites for hydroxylation is 1. The number of phenolic OH excluding ortho intramolecular Hbond substituents is 1. The SMILES string of the molecule is Cc1cc(CN2CCOCC2)cc(CN2CCOCC2)c1O. The number of nitrogens with zero attached hydrogens (tertiary/aromatic N) is 2. The van der Waals surface area contributed by atoms with E-state index in [1.165, 1.54) is 5.56 Å². The lowest BCUT2D eigenvalue weighted by molar-refractivity contribution is 0.0331. The van der Waals surface area contributed by atoms with Gasteiger partial charge in [-0.15, -0.1) is 0 Å². The number of hydrogen-bond donors (Lipinski definition) is 1. The number of hydrogen-bond acceptors (Lipinski definition) is 5. The van der Waals surface area contributed by atoms with Crippen LogP contribution >= 0.6 is 0 Å². The minimum absolute atomic E-state index is 0.442. The third kappa shape index (κ3) is 3.98. The quantitative estimate of drug-likeness (QED) is 0.910. The predicted octanol–water partition coefficient (Wildman–Crippen LogP) is 1.37. The molecule has 2 heterocycles. The second-order valence-corrected chi connectivity index (χ2v) is 6.20. The maximum absolute atomic E-state index is 10.4. The van der Waals surface area contributed by atoms with Crippen LogP contribution in [0.25, 0.3) is 0 Å². The van der Waals surface area contributed by atoms with Crippen molar-refractivity contribution < 1.29 is 14.6 Å². The molecule has 1 N–H and O–H groups in total. The molecule has 2 fully saturated rings. The van der Waals surface area contributed by atoms with Gasteiger partial charge in [-0.05, 0) is 24.1 Å². The van der Waals surface area contributed by atoms with E-state index in [1.807, 2.05) is 6.92 Å². The molecule has 2 aliphatic rings. The van der Waals surface area contributed by atoms with Gasteiger partial charge < -0.3 is 14.6 Å². The fourth-order valence-corrected chi connectivity index (χ4v) is 3.16. The minimum atomic E-state index is 0.442. The Morgan fingerprint density at radius 1 is 0.909 bits per heavy atom. The second-order valence-electron chi connectivity index (χ2n) is 6.20. The van der Waals surface area contributed by atoms with Gasteiger partial charge in [0.15, 0.2) is 0 Å². The van der Waals surface area contributed by atoms with Crippen LogP contribution in [0.1, 0.15) is 16.7 Å². The summed E-state index contributed by atoms with van der Waals surface area (Å²) in [7, 11) is 0. The topological polar surface area (TPSA) is 45.2 Å². The Labute approximate surface area is 132 Å². The highest BCUT2D eigenvalue weighted by atomic mass is 16.5. The molecule has 0 atom stereocenters. The Morgan fingerprint density at radius 3 is 2.05 bits per heavy atom. The summed E-state index contributed by atoms with van der Waals surface area (Å²) >= 11 is 0. The Kier molecular flexibility index (Phi) is 5.31. The number of morpholine rings is 2. The first kappa shape index (κ1) is 15.7. The normalized spacial score (nSPS) is 21.1. The molecule has 122 valence electrons. The van der Waals surface area contributed by atoms with Crippen molar-refractivity contribution in [2.75, 3.05) is 52.6 Å². The van der Waals surface area contributed by atoms with Crippen molar-refractivity contribution >= 4 is 0 Å². The van der Waals surface area contributed by atoms with Crippen molar-refractivity contribution in [2.45, 2.75) is 20.0 Å². The van der Waals surface area contributed by atoms with Crippen molar-refractivity contribution in [2.24, 2.45) is 0 Å². The van der Waals surface area contributed by atoms with E-state index in [2.05, 4.69) is 21.9 Å². The Bertz CT molecular complexity index is 495. The van der Waals surface area contributed by atoms with Gasteiger partial charge in [0.2, 0.25) is 0 Å². The van der Waals surface area contributed by atoms with Crippen molar-refractivity contribution in [3.8, 4) is 5.75 Å². The maximum Gasteiger partial charge on any atom is 0.122 e. The molecule has 0 radical (unpaired) electrons. The number of rotatable bonds is 4. The molecule has 0 bridgehead atoms. The van der Waals surface area contributed by atoms with E-state index >= 15 is 0 Å². The second kappa shape index (κ2) is 7.42. The summed E-state index contributed by atoms with van der Waals surface area (Å²) in [6, 6.07) is 4.26. The fraction of sp³-hybridized carbons (Fsp3) is 0.647. The van der Waals surface area contributed by atoms with E-state index in [9.17, 15) is 5.11 Å². The highest BCUT2D eigenvalue weighted by Gasteiger charge is 2.16. The zero-order chi connectivity index (χ0) is 15.4. The van der Waals surface area contributed by atoms with Crippen molar-refractivity contribution in [1.82, 2.24) is 9.80 Å². The monoisotopic (exact) mass is 306 g/mol. The summed E-state index contributed by atoms with van der Waals surface area (Å²) in [4.78, 5) is 4.75. The van der Waals surface area contributed by atoms with Gasteiger partial charge in [0.25, 0.3) is 0 Å². The molecule has 1 aromatic rings. The number of ether oxygens (including phenoxy) is 2. The zero-order valence-corrected chi connectivity index (χ0v) is 13.4. The van der Waals surface area contributed by atoms with Gasteiger partial charge in [-0.3, -0.25) is 9.80 Å². The minimum Gasteiger partial charge on any atom is -0.507 e. The van der Waals surface area contributed by atoms with Crippen LogP contribution in [-0.2, 0) is 22.6 Å². The van der Waals surface area contributed by atoms with Crippen LogP contribution in [0, 0.1) is 6.92 Å². The molecule has 0 unspecified atom stereocenters. The van der Waals surface area contributed by atoms with Crippen molar-refractivity contribution in [3.05, 3.63) is 28.8 Å². The van der Waals surface area contributed by atoms with E-state index < -0.39 is 0 Å². The summed E-state index contributed by atoms with van der Waals surface area (Å²) in [6.07, 6.45) is 0. The molecule has 2 aliphatic heterocycles. The summed E-state index contributed by atoms with van der Waals surface area (Å²) in [5.41, 5.74) is 3.28. The fourth-order valence-electron chi connectivity index (χ4n) is 3.16. The van der Waals surface area contributed by atoms with Crippen LogP contribution in [-0.4, -0.2) is 67.5 Å². The smallest absolute Gasteiger partial charge is 0.122 e. The average molecular weight is 306 g/mol. The molecule has 5 heteroatoms. The first-order chi connectivity index (χ1) is 10.7. The lowest BCUT2D eigenvalue weighted by atomic mass is 10.0. The standard InChI is InChI=1S/C17H26N2O3/c1-14-10-15(12-18-2-6-21-7-3-18)11-16(17(14)20)13-19-4-8-22-9-5-19/h10-11,20H,2-9,12-13H2,1H3. The van der Waals surface area contributed by atoms with Crippen molar-refractivity contribution in [3.63, 3.8) is 0 Å². The molecule has 0 aromatic heterocycles. The zero-order valence-electron chi connectivity index (χ0n) is 13.4. The van der Waals surface area contributed by atoms with Crippen LogP contribution in [0.5, 0.6) is 5.75 Å². The molecular weight excluding hydrogens is 280 g/mol. The molecule has 5 nitrogen and oxygen atoms in total. The van der Waals surface area contributed by atoms with Crippen LogP contribution < -0.4 is 0 Å². The van der Waals surface area contributed by atoms with Crippen molar-refractivity contribution in [1.29, 1.82) is 0 Å². The average Bonchev–Trinajstić information content (AvgIpc) is 2.54. The Morgan fingerprint density at radius 2 is 1.45 bits per heavy atom. The summed E-state index contributed by atoms with van der Waals surface area (Å²) in [6.45, 7) is 10.8. The van der Waals surface area contributed by atoms with Gasteiger partial charge in [-0.1, -0.05) is 6.07 Å². The summed E-state index contributed by atoms with van der Waals surface area (Å²) in [5, 5.41) is 10.4. The van der Waals surface area contributed by atoms with Gasteiger partial charge in [0.1, 0.15) is 5.75 Å². The third-order valence-corrected chi connectivity index (χ3v) is 4.45. The van der Waals surface area contributed by atoms with E-state index in [0.717, 1.165) is 76.8 Å². The molecular formula is C17H26N2O3. The first-order valence-electron chi connectivity index (χ1n) is 8.14. The first-order valence-corrected chi connectivity index (χ1v) is 8.14. The third-order valence-electron chi connectivity index (χ3n) is 4.45. The van der Waals surface area contributed by atoms with Gasteiger partial charge in [0, 0.05) is 44.8 Å². The maximum atomic E-state index is 10.4. The van der Waals surface area contributed by atoms with E-state index in [-0.39, 0.29) is 0 Å². The van der Waals surface area contributed by atoms with Gasteiger partial charge in [0.05, 0.1) is 26.4 Å². The van der Waals surface area contributed by atoms with Gasteiger partial charge in [-0.25, -0.2) is 0 Å². The van der Waals surface area contributed by atoms with Crippen LogP contribution in [0.4, 0.5) is 0 Å². The lowest BCUT2D eigenvalue weighted by Gasteiger charge is -2.28. The Hall–Kier alpha value is -1.14. The van der Waals surface area contributed by atoms with E-state index in [4.69, 9.17) is 9.47 Å².